The Hall–Kier alpha value is -1.99. The number of hydrogen-bond donors (Lipinski definition) is 2. The molecule has 1 rings (SSSR count). The second-order valence-electron chi connectivity index (χ2n) is 2.41. The Bertz CT molecular complexity index is 339. The molecule has 8 nitrogen and oxygen atoms in total. The molecule has 0 radical (unpaired) electrons. The molecule has 0 spiro atoms. The minimum Gasteiger partial charge on any atom is -0.390 e. The number of aromatic nitrogens is 3. The smallest absolute Gasteiger partial charge is 0.390 e. The van der Waals surface area contributed by atoms with Crippen molar-refractivity contribution < 1.29 is 4.92 Å². The van der Waals surface area contributed by atoms with Crippen molar-refractivity contribution in [2.45, 2.75) is 13.8 Å². The summed E-state index contributed by atoms with van der Waals surface area (Å²) < 4.78 is 0. The summed E-state index contributed by atoms with van der Waals surface area (Å²) >= 11 is 0. The first-order valence-electron chi connectivity index (χ1n) is 3.43. The van der Waals surface area contributed by atoms with E-state index in [9.17, 15) is 10.1 Å². The van der Waals surface area contributed by atoms with Crippen LogP contribution in [0.5, 0.6) is 0 Å². The number of rotatable bonds is 3. The highest BCUT2D eigenvalue weighted by Crippen LogP contribution is 2.04. The first-order chi connectivity index (χ1) is 6.09. The fourth-order valence-corrected chi connectivity index (χ4v) is 0.547. The van der Waals surface area contributed by atoms with E-state index in [-0.39, 0.29) is 5.95 Å². The molecule has 2 N–H and O–H groups in total. The summed E-state index contributed by atoms with van der Waals surface area (Å²) in [5.74, 6) is -0.334. The highest BCUT2D eigenvalue weighted by molar-refractivity contribution is 5.79. The third kappa shape index (κ3) is 2.51. The molecule has 0 saturated heterocycles. The topological polar surface area (TPSA) is 109 Å². The van der Waals surface area contributed by atoms with Crippen molar-refractivity contribution in [3.63, 3.8) is 0 Å². The van der Waals surface area contributed by atoms with Crippen molar-refractivity contribution in [3.05, 3.63) is 10.1 Å². The lowest BCUT2D eigenvalue weighted by Crippen LogP contribution is -1.94. The van der Waals surface area contributed by atoms with E-state index in [4.69, 9.17) is 0 Å². The van der Waals surface area contributed by atoms with Crippen LogP contribution in [0.25, 0.3) is 0 Å². The maximum Gasteiger partial charge on any atom is 0.455 e. The van der Waals surface area contributed by atoms with E-state index in [2.05, 4.69) is 25.7 Å². The number of aromatic amines is 1. The van der Waals surface area contributed by atoms with Crippen molar-refractivity contribution in [1.82, 2.24) is 15.2 Å². The van der Waals surface area contributed by atoms with E-state index in [0.717, 1.165) is 5.71 Å². The third-order valence-electron chi connectivity index (χ3n) is 1.03. The Morgan fingerprint density at radius 2 is 2.38 bits per heavy atom. The van der Waals surface area contributed by atoms with E-state index in [0.29, 0.717) is 0 Å². The van der Waals surface area contributed by atoms with Gasteiger partial charge in [-0.3, -0.25) is 0 Å². The number of nitrogens with zero attached hydrogens (tertiary/aromatic N) is 4. The number of nitrogens with one attached hydrogen (secondary N) is 2. The number of nitro groups is 1. The molecule has 1 aromatic heterocycles. The predicted octanol–water partition coefficient (Wildman–Crippen LogP) is 0.521. The van der Waals surface area contributed by atoms with E-state index in [1.54, 1.807) is 13.8 Å². The van der Waals surface area contributed by atoms with Crippen LogP contribution in [0.2, 0.25) is 0 Å². The zero-order valence-electron chi connectivity index (χ0n) is 7.11. The van der Waals surface area contributed by atoms with Gasteiger partial charge in [-0.2, -0.15) is 5.10 Å². The predicted molar refractivity (Wildman–Crippen MR) is 45.4 cm³/mol. The van der Waals surface area contributed by atoms with Crippen molar-refractivity contribution in [2.24, 2.45) is 5.10 Å². The van der Waals surface area contributed by atoms with Crippen LogP contribution in [0.1, 0.15) is 13.8 Å². The molecule has 0 unspecified atom stereocenters. The molecular weight excluding hydrogens is 176 g/mol. The minimum atomic E-state index is -0.666. The SMILES string of the molecule is CC(C)=NNc1n[nH]c([N+](=O)[O-])n1. The molecule has 0 saturated carbocycles. The van der Waals surface area contributed by atoms with Gasteiger partial charge in [-0.25, -0.2) is 5.43 Å². The number of hydrogen-bond acceptors (Lipinski definition) is 6. The van der Waals surface area contributed by atoms with Gasteiger partial charge in [-0.15, -0.1) is 5.10 Å². The fraction of sp³-hybridized carbons (Fsp3) is 0.400. The zero-order chi connectivity index (χ0) is 9.84. The van der Waals surface area contributed by atoms with E-state index < -0.39 is 10.9 Å². The zero-order valence-corrected chi connectivity index (χ0v) is 7.11. The van der Waals surface area contributed by atoms with Crippen molar-refractivity contribution in [1.29, 1.82) is 0 Å². The molecule has 0 amide bonds. The summed E-state index contributed by atoms with van der Waals surface area (Å²) in [4.78, 5) is 13.0. The Kier molecular flexibility index (Phi) is 2.52. The van der Waals surface area contributed by atoms with Crippen LogP contribution >= 0.6 is 0 Å². The quantitative estimate of drug-likeness (QED) is 0.404. The standard InChI is InChI=1S/C5H8N6O2/c1-3(2)7-8-4-6-5(10-9-4)11(12)13/h1-2H3,(H2,6,8,9,10). The van der Waals surface area contributed by atoms with Crippen LogP contribution in [0.4, 0.5) is 11.9 Å². The number of H-pyrrole nitrogens is 1. The van der Waals surface area contributed by atoms with E-state index in [1.807, 2.05) is 0 Å². The van der Waals surface area contributed by atoms with Gasteiger partial charge in [-0.1, -0.05) is 5.10 Å². The highest BCUT2D eigenvalue weighted by atomic mass is 16.6. The average Bonchev–Trinajstić information content (AvgIpc) is 2.48. The molecule has 1 heterocycles. The van der Waals surface area contributed by atoms with Crippen LogP contribution in [-0.2, 0) is 0 Å². The maximum absolute atomic E-state index is 10.2. The minimum absolute atomic E-state index is 0.0768. The average molecular weight is 184 g/mol. The third-order valence-corrected chi connectivity index (χ3v) is 1.03. The molecule has 13 heavy (non-hydrogen) atoms. The summed E-state index contributed by atoms with van der Waals surface area (Å²) in [5, 5.41) is 19.6. The molecule has 0 aliphatic carbocycles. The Morgan fingerprint density at radius 3 is 2.85 bits per heavy atom. The van der Waals surface area contributed by atoms with Crippen LogP contribution in [0.3, 0.4) is 0 Å². The van der Waals surface area contributed by atoms with Crippen molar-refractivity contribution >= 4 is 17.6 Å². The molecule has 0 aliphatic heterocycles. The summed E-state index contributed by atoms with van der Waals surface area (Å²) in [5.41, 5.74) is 3.22. The van der Waals surface area contributed by atoms with Gasteiger partial charge >= 0.3 is 11.9 Å². The summed E-state index contributed by atoms with van der Waals surface area (Å²) in [6.45, 7) is 3.54. The van der Waals surface area contributed by atoms with Gasteiger partial charge in [0.05, 0.1) is 0 Å². The monoisotopic (exact) mass is 184 g/mol. The van der Waals surface area contributed by atoms with Gasteiger partial charge in [-0.05, 0) is 23.8 Å². The molecular formula is C5H8N6O2. The molecule has 0 aliphatic rings. The summed E-state index contributed by atoms with van der Waals surface area (Å²) in [7, 11) is 0. The highest BCUT2D eigenvalue weighted by Gasteiger charge is 2.12. The van der Waals surface area contributed by atoms with Gasteiger partial charge in [0, 0.05) is 5.71 Å². The number of anilines is 1. The summed E-state index contributed by atoms with van der Waals surface area (Å²) in [6.07, 6.45) is 0. The van der Waals surface area contributed by atoms with Gasteiger partial charge < -0.3 is 10.1 Å². The normalized spacial score (nSPS) is 9.38. The lowest BCUT2D eigenvalue weighted by molar-refractivity contribution is -0.394. The second-order valence-corrected chi connectivity index (χ2v) is 2.41. The second kappa shape index (κ2) is 3.61. The molecule has 1 aromatic rings. The first-order valence-corrected chi connectivity index (χ1v) is 3.43. The van der Waals surface area contributed by atoms with Crippen molar-refractivity contribution in [2.75, 3.05) is 5.43 Å². The van der Waals surface area contributed by atoms with Crippen LogP contribution in [-0.4, -0.2) is 25.8 Å². The summed E-state index contributed by atoms with van der Waals surface area (Å²) in [6, 6.07) is 0. The molecule has 0 bridgehead atoms. The van der Waals surface area contributed by atoms with Crippen LogP contribution in [0.15, 0.2) is 5.10 Å². The Labute approximate surface area is 73.2 Å². The molecule has 0 aromatic carbocycles. The van der Waals surface area contributed by atoms with Crippen LogP contribution in [0, 0.1) is 10.1 Å². The maximum atomic E-state index is 10.2. The van der Waals surface area contributed by atoms with Gasteiger partial charge in [0.1, 0.15) is 0 Å². The Balaban J connectivity index is 2.70. The van der Waals surface area contributed by atoms with Crippen LogP contribution < -0.4 is 5.43 Å². The largest absolute Gasteiger partial charge is 0.455 e. The molecule has 0 fully saturated rings. The fourth-order valence-electron chi connectivity index (χ4n) is 0.547. The van der Waals surface area contributed by atoms with Gasteiger partial charge in [0.2, 0.25) is 0 Å². The van der Waals surface area contributed by atoms with E-state index >= 15 is 0 Å². The van der Waals surface area contributed by atoms with Crippen molar-refractivity contribution in [3.8, 4) is 0 Å². The lowest BCUT2D eigenvalue weighted by atomic mass is 10.5. The molecule has 0 atom stereocenters. The van der Waals surface area contributed by atoms with Gasteiger partial charge in [0.25, 0.3) is 0 Å². The Morgan fingerprint density at radius 1 is 1.69 bits per heavy atom. The van der Waals surface area contributed by atoms with E-state index in [1.165, 1.54) is 0 Å². The number of hydrazone groups is 1. The molecule has 70 valence electrons. The lowest BCUT2D eigenvalue weighted by Gasteiger charge is -1.88. The molecule has 8 heteroatoms. The first kappa shape index (κ1) is 9.10. The van der Waals surface area contributed by atoms with Gasteiger partial charge in [0.15, 0.2) is 0 Å².